The Morgan fingerprint density at radius 1 is 1.23 bits per heavy atom. The summed E-state index contributed by atoms with van der Waals surface area (Å²) in [5.41, 5.74) is 2.39. The fourth-order valence-electron chi connectivity index (χ4n) is 2.20. The quantitative estimate of drug-likeness (QED) is 0.693. The van der Waals surface area contributed by atoms with Gasteiger partial charge in [-0.3, -0.25) is 5.10 Å². The maximum atomic E-state index is 13.0. The van der Waals surface area contributed by atoms with Gasteiger partial charge in [0.05, 0.1) is 11.7 Å². The van der Waals surface area contributed by atoms with Crippen LogP contribution in [0.25, 0.3) is 10.9 Å². The molecule has 0 aliphatic carbocycles. The zero-order valence-corrected chi connectivity index (χ0v) is 11.8. The number of carbonyl (C=O) groups excluding carboxylic acids is 1. The molecule has 0 aliphatic rings. The Morgan fingerprint density at radius 2 is 2.14 bits per heavy atom. The standard InChI is InChI=1S/C16H15FN4O/c17-13-3-1-2-11(8-13)6-7-18-16(22)20-14-5-4-12-10-19-21-15(12)9-14/h1-5,8-10H,6-7H2,(H,19,21)(H2,18,20,22). The second kappa shape index (κ2) is 6.26. The van der Waals surface area contributed by atoms with Crippen LogP contribution in [0.5, 0.6) is 0 Å². The molecule has 0 spiro atoms. The Labute approximate surface area is 126 Å². The fraction of sp³-hybridized carbons (Fsp3) is 0.125. The normalized spacial score (nSPS) is 10.6. The highest BCUT2D eigenvalue weighted by molar-refractivity contribution is 5.92. The number of hydrogen-bond donors (Lipinski definition) is 3. The zero-order valence-electron chi connectivity index (χ0n) is 11.8. The van der Waals surface area contributed by atoms with Crippen LogP contribution in [-0.2, 0) is 6.42 Å². The number of benzene rings is 2. The van der Waals surface area contributed by atoms with E-state index in [0.29, 0.717) is 18.7 Å². The summed E-state index contributed by atoms with van der Waals surface area (Å²) < 4.78 is 13.0. The first-order valence-corrected chi connectivity index (χ1v) is 6.93. The molecule has 0 aliphatic heterocycles. The third-order valence-corrected chi connectivity index (χ3v) is 3.29. The van der Waals surface area contributed by atoms with Gasteiger partial charge in [-0.2, -0.15) is 5.10 Å². The van der Waals surface area contributed by atoms with Crippen LogP contribution in [0.4, 0.5) is 14.9 Å². The largest absolute Gasteiger partial charge is 0.338 e. The zero-order chi connectivity index (χ0) is 15.4. The molecule has 22 heavy (non-hydrogen) atoms. The van der Waals surface area contributed by atoms with Crippen molar-refractivity contribution in [1.29, 1.82) is 0 Å². The van der Waals surface area contributed by atoms with Crippen LogP contribution >= 0.6 is 0 Å². The average molecular weight is 298 g/mol. The van der Waals surface area contributed by atoms with Crippen molar-refractivity contribution in [2.75, 3.05) is 11.9 Å². The van der Waals surface area contributed by atoms with Crippen LogP contribution in [0.15, 0.2) is 48.7 Å². The molecule has 3 aromatic rings. The van der Waals surface area contributed by atoms with Crippen LogP contribution < -0.4 is 10.6 Å². The van der Waals surface area contributed by atoms with Crippen molar-refractivity contribution < 1.29 is 9.18 Å². The van der Waals surface area contributed by atoms with Gasteiger partial charge >= 0.3 is 6.03 Å². The van der Waals surface area contributed by atoms with E-state index in [4.69, 9.17) is 0 Å². The van der Waals surface area contributed by atoms with Gasteiger partial charge in [0, 0.05) is 17.6 Å². The van der Waals surface area contributed by atoms with Crippen molar-refractivity contribution in [3.63, 3.8) is 0 Å². The number of anilines is 1. The molecule has 2 aromatic carbocycles. The van der Waals surface area contributed by atoms with E-state index in [1.54, 1.807) is 12.3 Å². The van der Waals surface area contributed by atoms with E-state index in [9.17, 15) is 9.18 Å². The fourth-order valence-corrected chi connectivity index (χ4v) is 2.20. The number of fused-ring (bicyclic) bond motifs is 1. The molecular weight excluding hydrogens is 283 g/mol. The summed E-state index contributed by atoms with van der Waals surface area (Å²) in [5.74, 6) is -0.269. The first-order valence-electron chi connectivity index (χ1n) is 6.93. The van der Waals surface area contributed by atoms with Gasteiger partial charge in [0.25, 0.3) is 0 Å². The van der Waals surface area contributed by atoms with Crippen LogP contribution in [0.3, 0.4) is 0 Å². The minimum Gasteiger partial charge on any atom is -0.338 e. The van der Waals surface area contributed by atoms with E-state index >= 15 is 0 Å². The summed E-state index contributed by atoms with van der Waals surface area (Å²) in [5, 5.41) is 13.2. The van der Waals surface area contributed by atoms with E-state index in [1.807, 2.05) is 24.3 Å². The highest BCUT2D eigenvalue weighted by Crippen LogP contribution is 2.16. The lowest BCUT2D eigenvalue weighted by atomic mass is 10.1. The lowest BCUT2D eigenvalue weighted by Gasteiger charge is -2.08. The van der Waals surface area contributed by atoms with Crippen molar-refractivity contribution in [3.8, 4) is 0 Å². The lowest BCUT2D eigenvalue weighted by Crippen LogP contribution is -2.30. The molecule has 5 nitrogen and oxygen atoms in total. The van der Waals surface area contributed by atoms with Crippen molar-refractivity contribution in [3.05, 3.63) is 60.0 Å². The number of hydrogen-bond acceptors (Lipinski definition) is 2. The number of aromatic nitrogens is 2. The van der Waals surface area contributed by atoms with E-state index in [-0.39, 0.29) is 11.8 Å². The van der Waals surface area contributed by atoms with Gasteiger partial charge in [-0.05, 0) is 42.3 Å². The number of rotatable bonds is 4. The Bertz CT molecular complexity index is 799. The maximum absolute atomic E-state index is 13.0. The first kappa shape index (κ1) is 14.1. The van der Waals surface area contributed by atoms with Crippen molar-refractivity contribution in [2.45, 2.75) is 6.42 Å². The predicted molar refractivity (Wildman–Crippen MR) is 83.2 cm³/mol. The van der Waals surface area contributed by atoms with Gasteiger partial charge in [0.1, 0.15) is 5.82 Å². The van der Waals surface area contributed by atoms with Gasteiger partial charge < -0.3 is 10.6 Å². The van der Waals surface area contributed by atoms with E-state index in [0.717, 1.165) is 16.5 Å². The Balaban J connectivity index is 1.51. The average Bonchev–Trinajstić information content (AvgIpc) is 2.95. The van der Waals surface area contributed by atoms with Crippen LogP contribution in [-0.4, -0.2) is 22.8 Å². The molecule has 0 saturated carbocycles. The smallest absolute Gasteiger partial charge is 0.319 e. The Kier molecular flexibility index (Phi) is 4.00. The number of amides is 2. The van der Waals surface area contributed by atoms with Gasteiger partial charge in [-0.25, -0.2) is 9.18 Å². The van der Waals surface area contributed by atoms with E-state index < -0.39 is 0 Å². The highest BCUT2D eigenvalue weighted by atomic mass is 19.1. The molecule has 1 heterocycles. The summed E-state index contributed by atoms with van der Waals surface area (Å²) in [6, 6.07) is 11.6. The number of aromatic amines is 1. The number of nitrogens with one attached hydrogen (secondary N) is 3. The monoisotopic (exact) mass is 298 g/mol. The second-order valence-electron chi connectivity index (χ2n) is 4.93. The molecule has 0 radical (unpaired) electrons. The van der Waals surface area contributed by atoms with E-state index in [2.05, 4.69) is 20.8 Å². The van der Waals surface area contributed by atoms with Crippen molar-refractivity contribution in [2.24, 2.45) is 0 Å². The minimum atomic E-state index is -0.296. The molecular formula is C16H15FN4O. The van der Waals surface area contributed by atoms with Crippen molar-refractivity contribution in [1.82, 2.24) is 15.5 Å². The highest BCUT2D eigenvalue weighted by Gasteiger charge is 2.03. The molecule has 0 bridgehead atoms. The van der Waals surface area contributed by atoms with Gasteiger partial charge in [-0.1, -0.05) is 12.1 Å². The molecule has 112 valence electrons. The van der Waals surface area contributed by atoms with Crippen molar-refractivity contribution >= 4 is 22.6 Å². The summed E-state index contributed by atoms with van der Waals surface area (Å²) >= 11 is 0. The Morgan fingerprint density at radius 3 is 3.00 bits per heavy atom. The number of carbonyl (C=O) groups is 1. The molecule has 3 N–H and O–H groups in total. The van der Waals surface area contributed by atoms with Crippen LogP contribution in [0, 0.1) is 5.82 Å². The number of halogens is 1. The summed E-state index contributed by atoms with van der Waals surface area (Å²) in [6.45, 7) is 0.432. The van der Waals surface area contributed by atoms with Gasteiger partial charge in [-0.15, -0.1) is 0 Å². The summed E-state index contributed by atoms with van der Waals surface area (Å²) in [4.78, 5) is 11.8. The number of urea groups is 1. The van der Waals surface area contributed by atoms with Gasteiger partial charge in [0.2, 0.25) is 0 Å². The molecule has 0 fully saturated rings. The molecule has 0 atom stereocenters. The first-order chi connectivity index (χ1) is 10.7. The van der Waals surface area contributed by atoms with E-state index in [1.165, 1.54) is 12.1 Å². The lowest BCUT2D eigenvalue weighted by molar-refractivity contribution is 0.252. The Hall–Kier alpha value is -2.89. The topological polar surface area (TPSA) is 69.8 Å². The van der Waals surface area contributed by atoms with Crippen LogP contribution in [0.2, 0.25) is 0 Å². The summed E-state index contributed by atoms with van der Waals surface area (Å²) in [7, 11) is 0. The summed E-state index contributed by atoms with van der Waals surface area (Å²) in [6.07, 6.45) is 2.29. The third-order valence-electron chi connectivity index (χ3n) is 3.29. The third kappa shape index (κ3) is 3.41. The maximum Gasteiger partial charge on any atom is 0.319 e. The number of H-pyrrole nitrogens is 1. The molecule has 0 unspecified atom stereocenters. The molecule has 1 aromatic heterocycles. The minimum absolute atomic E-state index is 0.269. The second-order valence-corrected chi connectivity index (χ2v) is 4.93. The molecule has 3 rings (SSSR count). The van der Waals surface area contributed by atoms with Crippen LogP contribution in [0.1, 0.15) is 5.56 Å². The van der Waals surface area contributed by atoms with Gasteiger partial charge in [0.15, 0.2) is 0 Å². The SMILES string of the molecule is O=C(NCCc1cccc(F)c1)Nc1ccc2cn[nH]c2c1. The molecule has 2 amide bonds. The predicted octanol–water partition coefficient (Wildman–Crippen LogP) is 3.07. The molecule has 6 heteroatoms. The molecule has 0 saturated heterocycles. The number of nitrogens with zero attached hydrogens (tertiary/aromatic N) is 1.